The van der Waals surface area contributed by atoms with Gasteiger partial charge in [-0.25, -0.2) is 0 Å². The minimum absolute atomic E-state index is 0.0521. The fraction of sp³-hybridized carbons (Fsp3) is 1.00. The molecule has 0 spiro atoms. The summed E-state index contributed by atoms with van der Waals surface area (Å²) in [6.07, 6.45) is -3.23. The van der Waals surface area contributed by atoms with Crippen molar-refractivity contribution in [3.8, 4) is 0 Å². The van der Waals surface area contributed by atoms with E-state index in [4.69, 9.17) is 0 Å². The molecule has 0 aliphatic carbocycles. The van der Waals surface area contributed by atoms with E-state index >= 15 is 0 Å². The molecule has 2 atom stereocenters. The molecule has 0 aromatic carbocycles. The zero-order chi connectivity index (χ0) is 13.8. The van der Waals surface area contributed by atoms with E-state index in [0.29, 0.717) is 12.6 Å². The predicted molar refractivity (Wildman–Crippen MR) is 64.6 cm³/mol. The molecular weight excluding hydrogens is 245 g/mol. The SMILES string of the molecule is CCC1(C)CN(CCOCC(F)(F)F)C(C)CN1. The minimum Gasteiger partial charge on any atom is -0.371 e. The molecule has 1 saturated heterocycles. The quantitative estimate of drug-likeness (QED) is 0.772. The van der Waals surface area contributed by atoms with Gasteiger partial charge in [0.15, 0.2) is 0 Å². The van der Waals surface area contributed by atoms with Gasteiger partial charge in [0.25, 0.3) is 0 Å². The van der Waals surface area contributed by atoms with Crippen molar-refractivity contribution in [2.45, 2.75) is 44.9 Å². The average molecular weight is 268 g/mol. The van der Waals surface area contributed by atoms with Crippen LogP contribution in [-0.2, 0) is 4.74 Å². The highest BCUT2D eigenvalue weighted by atomic mass is 19.4. The van der Waals surface area contributed by atoms with Crippen LogP contribution in [0, 0.1) is 0 Å². The normalized spacial score (nSPS) is 30.7. The maximum absolute atomic E-state index is 11.9. The van der Waals surface area contributed by atoms with E-state index in [9.17, 15) is 13.2 Å². The van der Waals surface area contributed by atoms with Gasteiger partial charge in [0.1, 0.15) is 6.61 Å². The Morgan fingerprint density at radius 3 is 2.67 bits per heavy atom. The second kappa shape index (κ2) is 6.21. The molecule has 18 heavy (non-hydrogen) atoms. The molecule has 1 aliphatic heterocycles. The molecule has 0 amide bonds. The third kappa shape index (κ3) is 5.12. The van der Waals surface area contributed by atoms with Gasteiger partial charge in [0.2, 0.25) is 0 Å². The molecule has 3 nitrogen and oxygen atoms in total. The van der Waals surface area contributed by atoms with Gasteiger partial charge in [0, 0.05) is 31.2 Å². The zero-order valence-electron chi connectivity index (χ0n) is 11.3. The lowest BCUT2D eigenvalue weighted by Gasteiger charge is -2.45. The van der Waals surface area contributed by atoms with Crippen LogP contribution in [0.3, 0.4) is 0 Å². The van der Waals surface area contributed by atoms with Gasteiger partial charge < -0.3 is 10.1 Å². The van der Waals surface area contributed by atoms with E-state index in [1.807, 2.05) is 0 Å². The van der Waals surface area contributed by atoms with Crippen LogP contribution in [0.25, 0.3) is 0 Å². The first-order valence-electron chi connectivity index (χ1n) is 6.39. The van der Waals surface area contributed by atoms with Crippen LogP contribution >= 0.6 is 0 Å². The van der Waals surface area contributed by atoms with Crippen molar-refractivity contribution < 1.29 is 17.9 Å². The van der Waals surface area contributed by atoms with E-state index in [1.165, 1.54) is 0 Å². The Labute approximate surface area is 107 Å². The van der Waals surface area contributed by atoms with E-state index < -0.39 is 12.8 Å². The summed E-state index contributed by atoms with van der Waals surface area (Å²) in [5.74, 6) is 0. The second-order valence-electron chi connectivity index (χ2n) is 5.28. The fourth-order valence-corrected chi connectivity index (χ4v) is 2.09. The van der Waals surface area contributed by atoms with Crippen LogP contribution in [0.1, 0.15) is 27.2 Å². The highest BCUT2D eigenvalue weighted by Crippen LogP contribution is 2.19. The Morgan fingerprint density at radius 1 is 1.44 bits per heavy atom. The topological polar surface area (TPSA) is 24.5 Å². The zero-order valence-corrected chi connectivity index (χ0v) is 11.3. The molecule has 0 aromatic heterocycles. The Morgan fingerprint density at radius 2 is 2.11 bits per heavy atom. The number of halogens is 3. The van der Waals surface area contributed by atoms with E-state index in [-0.39, 0.29) is 12.1 Å². The van der Waals surface area contributed by atoms with Gasteiger partial charge in [-0.3, -0.25) is 4.90 Å². The van der Waals surface area contributed by atoms with Crippen molar-refractivity contribution >= 4 is 0 Å². The summed E-state index contributed by atoms with van der Waals surface area (Å²) in [4.78, 5) is 2.19. The summed E-state index contributed by atoms with van der Waals surface area (Å²) in [6, 6.07) is 0.333. The van der Waals surface area contributed by atoms with Gasteiger partial charge in [0.05, 0.1) is 6.61 Å². The molecule has 1 rings (SSSR count). The number of ether oxygens (including phenoxy) is 1. The van der Waals surface area contributed by atoms with Gasteiger partial charge in [-0.2, -0.15) is 13.2 Å². The van der Waals surface area contributed by atoms with E-state index in [2.05, 4.69) is 35.7 Å². The third-order valence-corrected chi connectivity index (χ3v) is 3.57. The number of nitrogens with one attached hydrogen (secondary N) is 1. The molecule has 2 unspecified atom stereocenters. The number of hydrogen-bond acceptors (Lipinski definition) is 3. The molecule has 108 valence electrons. The summed E-state index contributed by atoms with van der Waals surface area (Å²) < 4.78 is 40.4. The highest BCUT2D eigenvalue weighted by molar-refractivity contribution is 4.92. The Bertz CT molecular complexity index is 260. The lowest BCUT2D eigenvalue weighted by Crippen LogP contribution is -2.62. The number of rotatable bonds is 5. The number of nitrogens with zero attached hydrogens (tertiary/aromatic N) is 1. The van der Waals surface area contributed by atoms with Crippen LogP contribution in [0.2, 0.25) is 0 Å². The molecule has 0 radical (unpaired) electrons. The molecule has 1 N–H and O–H groups in total. The van der Waals surface area contributed by atoms with Gasteiger partial charge in [-0.05, 0) is 20.3 Å². The smallest absolute Gasteiger partial charge is 0.371 e. The highest BCUT2D eigenvalue weighted by Gasteiger charge is 2.32. The minimum atomic E-state index is -4.23. The van der Waals surface area contributed by atoms with Crippen LogP contribution in [0.4, 0.5) is 13.2 Å². The summed E-state index contributed by atoms with van der Waals surface area (Å²) in [5.41, 5.74) is 0.0521. The molecule has 1 fully saturated rings. The van der Waals surface area contributed by atoms with Crippen LogP contribution < -0.4 is 5.32 Å². The molecular formula is C12H23F3N2O. The molecule has 0 aromatic rings. The summed E-state index contributed by atoms with van der Waals surface area (Å²) in [5, 5.41) is 3.48. The lowest BCUT2D eigenvalue weighted by molar-refractivity contribution is -0.175. The molecule has 0 bridgehead atoms. The van der Waals surface area contributed by atoms with E-state index in [1.54, 1.807) is 0 Å². The summed E-state index contributed by atoms with van der Waals surface area (Å²) >= 11 is 0. The van der Waals surface area contributed by atoms with Crippen molar-refractivity contribution in [2.75, 3.05) is 32.8 Å². The predicted octanol–water partition coefficient (Wildman–Crippen LogP) is 2.03. The van der Waals surface area contributed by atoms with Gasteiger partial charge >= 0.3 is 6.18 Å². The van der Waals surface area contributed by atoms with Crippen molar-refractivity contribution in [2.24, 2.45) is 0 Å². The monoisotopic (exact) mass is 268 g/mol. The Balaban J connectivity index is 2.31. The number of alkyl halides is 3. The van der Waals surface area contributed by atoms with Crippen molar-refractivity contribution in [1.29, 1.82) is 0 Å². The Kier molecular flexibility index (Phi) is 5.43. The first-order valence-corrected chi connectivity index (χ1v) is 6.39. The van der Waals surface area contributed by atoms with E-state index in [0.717, 1.165) is 19.5 Å². The van der Waals surface area contributed by atoms with Gasteiger partial charge in [-0.15, -0.1) is 0 Å². The molecule has 0 saturated carbocycles. The first-order chi connectivity index (χ1) is 8.26. The number of piperazine rings is 1. The molecule has 6 heteroatoms. The lowest BCUT2D eigenvalue weighted by atomic mass is 9.94. The average Bonchev–Trinajstić information content (AvgIpc) is 2.28. The van der Waals surface area contributed by atoms with Crippen molar-refractivity contribution in [3.63, 3.8) is 0 Å². The summed E-state index contributed by atoms with van der Waals surface area (Å²) in [7, 11) is 0. The molecule has 1 heterocycles. The van der Waals surface area contributed by atoms with Crippen LogP contribution in [0.5, 0.6) is 0 Å². The summed E-state index contributed by atoms with van der Waals surface area (Å²) in [6.45, 7) is 7.57. The third-order valence-electron chi connectivity index (χ3n) is 3.57. The van der Waals surface area contributed by atoms with Crippen molar-refractivity contribution in [3.05, 3.63) is 0 Å². The number of hydrogen-bond donors (Lipinski definition) is 1. The largest absolute Gasteiger partial charge is 0.411 e. The molecule has 1 aliphatic rings. The Hall–Kier alpha value is -0.330. The fourth-order valence-electron chi connectivity index (χ4n) is 2.09. The maximum Gasteiger partial charge on any atom is 0.411 e. The standard InChI is InChI=1S/C12H23F3N2O/c1-4-11(3)8-17(10(2)7-16-11)5-6-18-9-12(13,14)15/h10,16H,4-9H2,1-3H3. The van der Waals surface area contributed by atoms with Crippen LogP contribution in [0.15, 0.2) is 0 Å². The maximum atomic E-state index is 11.9. The first kappa shape index (κ1) is 15.7. The van der Waals surface area contributed by atoms with Crippen molar-refractivity contribution in [1.82, 2.24) is 10.2 Å². The van der Waals surface area contributed by atoms with Gasteiger partial charge in [-0.1, -0.05) is 6.92 Å². The van der Waals surface area contributed by atoms with Crippen LogP contribution in [-0.4, -0.2) is 55.5 Å². The second-order valence-corrected chi connectivity index (χ2v) is 5.28.